The van der Waals surface area contributed by atoms with Gasteiger partial charge in [-0.15, -0.1) is 0 Å². The Labute approximate surface area is 145 Å². The first kappa shape index (κ1) is 16.4. The van der Waals surface area contributed by atoms with E-state index in [1.807, 2.05) is 42.0 Å². The van der Waals surface area contributed by atoms with Gasteiger partial charge in [0.1, 0.15) is 5.82 Å². The first-order valence-electron chi connectivity index (χ1n) is 7.75. The first-order valence-corrected chi connectivity index (χ1v) is 7.75. The van der Waals surface area contributed by atoms with Crippen LogP contribution in [0, 0.1) is 6.92 Å². The molecule has 25 heavy (non-hydrogen) atoms. The minimum Gasteiger partial charge on any atom is -0.368 e. The van der Waals surface area contributed by atoms with E-state index < -0.39 is 0 Å². The van der Waals surface area contributed by atoms with Crippen LogP contribution in [0.15, 0.2) is 55.1 Å². The van der Waals surface area contributed by atoms with Gasteiger partial charge in [0.05, 0.1) is 5.69 Å². The number of hydrogen-bond acceptors (Lipinski definition) is 5. The maximum atomic E-state index is 12.0. The molecular formula is C18H18N6O. The fourth-order valence-corrected chi connectivity index (χ4v) is 2.38. The molecule has 1 amide bonds. The van der Waals surface area contributed by atoms with Gasteiger partial charge in [-0.25, -0.2) is 15.0 Å². The molecule has 0 spiro atoms. The summed E-state index contributed by atoms with van der Waals surface area (Å²) in [7, 11) is 0. The van der Waals surface area contributed by atoms with E-state index in [1.165, 1.54) is 6.08 Å². The molecule has 2 heterocycles. The highest BCUT2D eigenvalue weighted by Gasteiger charge is 2.07. The van der Waals surface area contributed by atoms with Crippen LogP contribution in [0.25, 0.3) is 11.8 Å². The summed E-state index contributed by atoms with van der Waals surface area (Å²) in [5.41, 5.74) is 8.13. The second kappa shape index (κ2) is 7.39. The molecule has 0 aliphatic heterocycles. The van der Waals surface area contributed by atoms with E-state index in [9.17, 15) is 4.79 Å². The number of nitrogens with zero attached hydrogens (tertiary/aromatic N) is 4. The van der Waals surface area contributed by atoms with Crippen LogP contribution in [0.2, 0.25) is 0 Å². The zero-order valence-electron chi connectivity index (χ0n) is 13.8. The first-order chi connectivity index (χ1) is 12.1. The molecule has 0 unspecified atom stereocenters. The van der Waals surface area contributed by atoms with E-state index in [1.54, 1.807) is 24.7 Å². The van der Waals surface area contributed by atoms with E-state index in [0.29, 0.717) is 12.1 Å². The molecule has 0 aliphatic carbocycles. The zero-order chi connectivity index (χ0) is 17.6. The lowest BCUT2D eigenvalue weighted by atomic mass is 10.1. The molecule has 1 aromatic carbocycles. The summed E-state index contributed by atoms with van der Waals surface area (Å²) in [6, 6.07) is 7.88. The molecule has 7 heteroatoms. The molecule has 7 nitrogen and oxygen atoms in total. The van der Waals surface area contributed by atoms with Crippen LogP contribution in [0.4, 0.5) is 5.95 Å². The maximum Gasteiger partial charge on any atom is 0.244 e. The van der Waals surface area contributed by atoms with Crippen molar-refractivity contribution in [1.29, 1.82) is 0 Å². The Bertz CT molecular complexity index is 898. The lowest BCUT2D eigenvalue weighted by Gasteiger charge is -2.12. The van der Waals surface area contributed by atoms with Crippen molar-refractivity contribution in [2.45, 2.75) is 13.5 Å². The average molecular weight is 334 g/mol. The molecule has 3 aromatic rings. The van der Waals surface area contributed by atoms with Crippen LogP contribution in [-0.4, -0.2) is 25.4 Å². The highest BCUT2D eigenvalue weighted by Crippen LogP contribution is 2.16. The molecule has 0 saturated carbocycles. The van der Waals surface area contributed by atoms with Crippen LogP contribution in [0.1, 0.15) is 17.0 Å². The lowest BCUT2D eigenvalue weighted by molar-refractivity contribution is -0.116. The Balaban J connectivity index is 1.67. The third kappa shape index (κ3) is 4.08. The number of nitrogens with two attached hydrogens (primary N) is 1. The Morgan fingerprint density at radius 2 is 2.00 bits per heavy atom. The Morgan fingerprint density at radius 1 is 1.24 bits per heavy atom. The van der Waals surface area contributed by atoms with Gasteiger partial charge >= 0.3 is 0 Å². The summed E-state index contributed by atoms with van der Waals surface area (Å²) < 4.78 is 1.99. The van der Waals surface area contributed by atoms with E-state index >= 15 is 0 Å². The molecule has 3 N–H and O–H groups in total. The van der Waals surface area contributed by atoms with Crippen molar-refractivity contribution in [3.8, 4) is 5.69 Å². The number of amides is 1. The number of para-hydroxylation sites is 1. The number of aryl methyl sites for hydroxylation is 1. The summed E-state index contributed by atoms with van der Waals surface area (Å²) in [5.74, 6) is 0.893. The summed E-state index contributed by atoms with van der Waals surface area (Å²) in [5, 5.41) is 2.88. The van der Waals surface area contributed by atoms with Crippen molar-refractivity contribution in [2.24, 2.45) is 0 Å². The van der Waals surface area contributed by atoms with E-state index in [0.717, 1.165) is 17.1 Å². The Kier molecular flexibility index (Phi) is 4.84. The summed E-state index contributed by atoms with van der Waals surface area (Å²) >= 11 is 0. The van der Waals surface area contributed by atoms with Crippen molar-refractivity contribution in [1.82, 2.24) is 24.8 Å². The van der Waals surface area contributed by atoms with Gasteiger partial charge in [-0.05, 0) is 24.6 Å². The van der Waals surface area contributed by atoms with Crippen LogP contribution < -0.4 is 11.1 Å². The molecule has 3 rings (SSSR count). The molecule has 2 aromatic heterocycles. The van der Waals surface area contributed by atoms with Gasteiger partial charge in [0.15, 0.2) is 0 Å². The minimum absolute atomic E-state index is 0.200. The van der Waals surface area contributed by atoms with Gasteiger partial charge in [0, 0.05) is 43.0 Å². The number of imidazole rings is 1. The van der Waals surface area contributed by atoms with Gasteiger partial charge in [-0.2, -0.15) is 0 Å². The minimum atomic E-state index is -0.200. The van der Waals surface area contributed by atoms with E-state index in [4.69, 9.17) is 5.73 Å². The quantitative estimate of drug-likeness (QED) is 0.694. The number of hydrogen-bond donors (Lipinski definition) is 2. The highest BCUT2D eigenvalue weighted by atomic mass is 16.1. The Morgan fingerprint density at radius 3 is 2.72 bits per heavy atom. The number of carbonyl (C=O) groups excluding carboxylic acids is 1. The number of nitrogens with one attached hydrogen (secondary N) is 1. The maximum absolute atomic E-state index is 12.0. The standard InChI is InChI=1S/C18H18N6O/c1-13-20-8-9-24(13)16-5-3-2-4-15(16)12-21-17(25)7-6-14-10-22-18(19)23-11-14/h2-11H,12H2,1H3,(H,21,25)(H2,19,22,23)/b7-6+. The van der Waals surface area contributed by atoms with Crippen molar-refractivity contribution < 1.29 is 4.79 Å². The number of nitrogen functional groups attached to an aromatic ring is 1. The van der Waals surface area contributed by atoms with Crippen LogP contribution in [0.3, 0.4) is 0 Å². The topological polar surface area (TPSA) is 98.7 Å². The van der Waals surface area contributed by atoms with Crippen molar-refractivity contribution in [3.63, 3.8) is 0 Å². The molecule has 0 bridgehead atoms. The Hall–Kier alpha value is -3.48. The number of rotatable bonds is 5. The second-order valence-corrected chi connectivity index (χ2v) is 5.40. The normalized spacial score (nSPS) is 10.9. The third-order valence-electron chi connectivity index (χ3n) is 3.65. The molecule has 0 atom stereocenters. The predicted octanol–water partition coefficient (Wildman–Crippen LogP) is 1.88. The van der Waals surface area contributed by atoms with E-state index in [2.05, 4.69) is 20.3 Å². The molecule has 0 saturated heterocycles. The van der Waals surface area contributed by atoms with Crippen molar-refractivity contribution in [3.05, 3.63) is 72.1 Å². The van der Waals surface area contributed by atoms with Crippen LogP contribution >= 0.6 is 0 Å². The fourth-order valence-electron chi connectivity index (χ4n) is 2.38. The smallest absolute Gasteiger partial charge is 0.244 e. The molecule has 0 fully saturated rings. The fraction of sp³-hybridized carbons (Fsp3) is 0.111. The second-order valence-electron chi connectivity index (χ2n) is 5.40. The third-order valence-corrected chi connectivity index (χ3v) is 3.65. The van der Waals surface area contributed by atoms with Crippen LogP contribution in [0.5, 0.6) is 0 Å². The van der Waals surface area contributed by atoms with E-state index in [-0.39, 0.29) is 11.9 Å². The summed E-state index contributed by atoms with van der Waals surface area (Å²) in [4.78, 5) is 24.0. The summed E-state index contributed by atoms with van der Waals surface area (Å²) in [6.07, 6.45) is 9.85. The largest absolute Gasteiger partial charge is 0.368 e. The highest BCUT2D eigenvalue weighted by molar-refractivity contribution is 5.91. The van der Waals surface area contributed by atoms with Gasteiger partial charge in [-0.3, -0.25) is 4.79 Å². The number of benzene rings is 1. The predicted molar refractivity (Wildman–Crippen MR) is 95.6 cm³/mol. The molecule has 0 radical (unpaired) electrons. The zero-order valence-corrected chi connectivity index (χ0v) is 13.8. The van der Waals surface area contributed by atoms with Gasteiger partial charge in [0.25, 0.3) is 0 Å². The number of anilines is 1. The SMILES string of the molecule is Cc1nccn1-c1ccccc1CNC(=O)/C=C/c1cnc(N)nc1. The van der Waals surface area contributed by atoms with Crippen molar-refractivity contribution >= 4 is 17.9 Å². The molecular weight excluding hydrogens is 316 g/mol. The number of carbonyl (C=O) groups is 1. The molecule has 0 aliphatic rings. The van der Waals surface area contributed by atoms with Gasteiger partial charge < -0.3 is 15.6 Å². The average Bonchev–Trinajstić information content (AvgIpc) is 3.05. The van der Waals surface area contributed by atoms with Gasteiger partial charge in [-0.1, -0.05) is 18.2 Å². The summed E-state index contributed by atoms with van der Waals surface area (Å²) in [6.45, 7) is 2.35. The number of aromatic nitrogens is 4. The van der Waals surface area contributed by atoms with Crippen LogP contribution in [-0.2, 0) is 11.3 Å². The monoisotopic (exact) mass is 334 g/mol. The van der Waals surface area contributed by atoms with Gasteiger partial charge in [0.2, 0.25) is 11.9 Å². The van der Waals surface area contributed by atoms with Crippen molar-refractivity contribution in [2.75, 3.05) is 5.73 Å². The lowest BCUT2D eigenvalue weighted by Crippen LogP contribution is -2.21. The molecule has 126 valence electrons.